The molecule has 1 unspecified atom stereocenters. The Morgan fingerprint density at radius 3 is 2.38 bits per heavy atom. The zero-order valence-corrected chi connectivity index (χ0v) is 9.31. The van der Waals surface area contributed by atoms with Gasteiger partial charge in [-0.2, -0.15) is 0 Å². The van der Waals surface area contributed by atoms with Crippen LogP contribution in [0.15, 0.2) is 48.5 Å². The molecular formula is C14H15NO. The molecule has 1 atom stereocenters. The van der Waals surface area contributed by atoms with Gasteiger partial charge in [0.05, 0.1) is 7.11 Å². The van der Waals surface area contributed by atoms with Crippen molar-refractivity contribution in [3.63, 3.8) is 0 Å². The summed E-state index contributed by atoms with van der Waals surface area (Å²) in [5, 5.41) is 0. The van der Waals surface area contributed by atoms with Gasteiger partial charge < -0.3 is 10.9 Å². The SMILES string of the molecule is COc1ccc2c(c1)C2c1ccccc1.N. The van der Waals surface area contributed by atoms with Crippen molar-refractivity contribution in [3.8, 4) is 5.75 Å². The number of ether oxygens (including phenoxy) is 1. The van der Waals surface area contributed by atoms with E-state index in [0.717, 1.165) is 5.75 Å². The summed E-state index contributed by atoms with van der Waals surface area (Å²) < 4.78 is 5.21. The van der Waals surface area contributed by atoms with Crippen molar-refractivity contribution in [2.75, 3.05) is 7.11 Å². The molecule has 1 aliphatic rings. The molecule has 16 heavy (non-hydrogen) atoms. The number of rotatable bonds is 2. The minimum Gasteiger partial charge on any atom is -0.497 e. The maximum Gasteiger partial charge on any atom is 0.119 e. The normalized spacial score (nSPS) is 15.9. The zero-order valence-electron chi connectivity index (χ0n) is 9.31. The number of hydrogen-bond donors (Lipinski definition) is 1. The van der Waals surface area contributed by atoms with E-state index in [4.69, 9.17) is 4.74 Å². The van der Waals surface area contributed by atoms with Crippen LogP contribution in [0.3, 0.4) is 0 Å². The highest BCUT2D eigenvalue weighted by atomic mass is 16.5. The van der Waals surface area contributed by atoms with Gasteiger partial charge in [-0.15, -0.1) is 0 Å². The van der Waals surface area contributed by atoms with Crippen molar-refractivity contribution in [1.82, 2.24) is 6.15 Å². The molecule has 0 aromatic heterocycles. The van der Waals surface area contributed by atoms with E-state index in [1.54, 1.807) is 7.11 Å². The lowest BCUT2D eigenvalue weighted by Crippen LogP contribution is -1.79. The van der Waals surface area contributed by atoms with E-state index in [9.17, 15) is 0 Å². The van der Waals surface area contributed by atoms with Crippen LogP contribution in [-0.4, -0.2) is 7.11 Å². The topological polar surface area (TPSA) is 44.2 Å². The van der Waals surface area contributed by atoms with Crippen molar-refractivity contribution < 1.29 is 4.74 Å². The molecule has 1 aliphatic carbocycles. The molecule has 0 heterocycles. The molecule has 0 saturated carbocycles. The second-order valence-corrected chi connectivity index (χ2v) is 3.84. The molecule has 2 aromatic carbocycles. The lowest BCUT2D eigenvalue weighted by atomic mass is 10.1. The Hall–Kier alpha value is -1.80. The molecule has 0 saturated heterocycles. The third kappa shape index (κ3) is 1.57. The van der Waals surface area contributed by atoms with Crippen LogP contribution < -0.4 is 10.9 Å². The van der Waals surface area contributed by atoms with Crippen LogP contribution in [0, 0.1) is 0 Å². The molecule has 82 valence electrons. The van der Waals surface area contributed by atoms with Crippen LogP contribution in [0.2, 0.25) is 0 Å². The number of methoxy groups -OCH3 is 1. The first-order valence-electron chi connectivity index (χ1n) is 5.13. The molecule has 3 rings (SSSR count). The van der Waals surface area contributed by atoms with Gasteiger partial charge in [-0.3, -0.25) is 0 Å². The zero-order chi connectivity index (χ0) is 10.3. The predicted octanol–water partition coefficient (Wildman–Crippen LogP) is 3.35. The molecule has 2 heteroatoms. The summed E-state index contributed by atoms with van der Waals surface area (Å²) in [6.45, 7) is 0. The standard InChI is InChI=1S/C14H12O.H3N/c1-15-11-7-8-12-13(9-11)14(12)10-5-3-2-4-6-10;/h2-9,14H,1H3;1H3. The minimum atomic E-state index is 0. The summed E-state index contributed by atoms with van der Waals surface area (Å²) >= 11 is 0. The molecule has 2 nitrogen and oxygen atoms in total. The monoisotopic (exact) mass is 213 g/mol. The van der Waals surface area contributed by atoms with Crippen LogP contribution in [-0.2, 0) is 0 Å². The van der Waals surface area contributed by atoms with E-state index in [-0.39, 0.29) is 6.15 Å². The van der Waals surface area contributed by atoms with Gasteiger partial charge in [0.25, 0.3) is 0 Å². The smallest absolute Gasteiger partial charge is 0.119 e. The Bertz CT molecular complexity index is 493. The summed E-state index contributed by atoms with van der Waals surface area (Å²) in [4.78, 5) is 0. The lowest BCUT2D eigenvalue weighted by molar-refractivity contribution is 0.415. The predicted molar refractivity (Wildman–Crippen MR) is 65.4 cm³/mol. The average molecular weight is 213 g/mol. The van der Waals surface area contributed by atoms with Crippen molar-refractivity contribution in [1.29, 1.82) is 0 Å². The van der Waals surface area contributed by atoms with Gasteiger partial charge in [0.15, 0.2) is 0 Å². The van der Waals surface area contributed by atoms with Gasteiger partial charge in [-0.25, -0.2) is 0 Å². The second kappa shape index (κ2) is 3.99. The highest BCUT2D eigenvalue weighted by Gasteiger charge is 2.33. The van der Waals surface area contributed by atoms with E-state index < -0.39 is 0 Å². The third-order valence-corrected chi connectivity index (χ3v) is 2.97. The van der Waals surface area contributed by atoms with Gasteiger partial charge in [-0.1, -0.05) is 36.4 Å². The Morgan fingerprint density at radius 1 is 0.938 bits per heavy atom. The van der Waals surface area contributed by atoms with E-state index >= 15 is 0 Å². The molecular weight excluding hydrogens is 198 g/mol. The third-order valence-electron chi connectivity index (χ3n) is 2.97. The molecule has 0 fully saturated rings. The summed E-state index contributed by atoms with van der Waals surface area (Å²) in [6, 6.07) is 16.9. The van der Waals surface area contributed by atoms with Gasteiger partial charge in [0, 0.05) is 5.92 Å². The quantitative estimate of drug-likeness (QED) is 0.709. The average Bonchev–Trinajstić information content (AvgIpc) is 3.03. The highest BCUT2D eigenvalue weighted by Crippen LogP contribution is 2.49. The molecule has 0 amide bonds. The van der Waals surface area contributed by atoms with Gasteiger partial charge in [0.2, 0.25) is 0 Å². The first-order chi connectivity index (χ1) is 7.40. The van der Waals surface area contributed by atoms with Crippen molar-refractivity contribution in [2.45, 2.75) is 5.92 Å². The van der Waals surface area contributed by atoms with Gasteiger partial charge >= 0.3 is 0 Å². The van der Waals surface area contributed by atoms with E-state index in [0.29, 0.717) is 5.92 Å². The highest BCUT2D eigenvalue weighted by molar-refractivity contribution is 5.62. The summed E-state index contributed by atoms with van der Waals surface area (Å²) in [5.41, 5.74) is 4.21. The summed E-state index contributed by atoms with van der Waals surface area (Å²) in [6.07, 6.45) is 0. The van der Waals surface area contributed by atoms with Crippen molar-refractivity contribution in [2.24, 2.45) is 0 Å². The van der Waals surface area contributed by atoms with Crippen LogP contribution in [0.1, 0.15) is 22.6 Å². The van der Waals surface area contributed by atoms with E-state index in [1.807, 2.05) is 6.07 Å². The van der Waals surface area contributed by atoms with Crippen LogP contribution in [0.4, 0.5) is 0 Å². The fourth-order valence-electron chi connectivity index (χ4n) is 2.12. The first-order valence-corrected chi connectivity index (χ1v) is 5.13. The van der Waals surface area contributed by atoms with E-state index in [1.165, 1.54) is 16.7 Å². The fraction of sp³-hybridized carbons (Fsp3) is 0.143. The molecule has 0 spiro atoms. The van der Waals surface area contributed by atoms with Crippen LogP contribution in [0.25, 0.3) is 0 Å². The Morgan fingerprint density at radius 2 is 1.69 bits per heavy atom. The van der Waals surface area contributed by atoms with Gasteiger partial charge in [-0.05, 0) is 28.8 Å². The lowest BCUT2D eigenvalue weighted by Gasteiger charge is -1.95. The number of benzene rings is 2. The fourth-order valence-corrected chi connectivity index (χ4v) is 2.12. The van der Waals surface area contributed by atoms with Gasteiger partial charge in [0.1, 0.15) is 5.75 Å². The molecule has 0 bridgehead atoms. The molecule has 0 radical (unpaired) electrons. The largest absolute Gasteiger partial charge is 0.497 e. The molecule has 0 aliphatic heterocycles. The van der Waals surface area contributed by atoms with E-state index in [2.05, 4.69) is 42.5 Å². The molecule has 3 N–H and O–H groups in total. The summed E-state index contributed by atoms with van der Waals surface area (Å²) in [5.74, 6) is 1.46. The number of hydrogen-bond acceptors (Lipinski definition) is 2. The first kappa shape index (κ1) is 10.7. The van der Waals surface area contributed by atoms with Crippen LogP contribution >= 0.6 is 0 Å². The minimum absolute atomic E-state index is 0. The summed E-state index contributed by atoms with van der Waals surface area (Å²) in [7, 11) is 1.71. The molecule has 2 aromatic rings. The van der Waals surface area contributed by atoms with Crippen LogP contribution in [0.5, 0.6) is 5.75 Å². The Labute approximate surface area is 95.5 Å². The van der Waals surface area contributed by atoms with Crippen molar-refractivity contribution in [3.05, 3.63) is 65.2 Å². The maximum absolute atomic E-state index is 5.21. The maximum atomic E-state index is 5.21. The number of fused-ring (bicyclic) bond motifs is 1. The Balaban J connectivity index is 0.000000963. The van der Waals surface area contributed by atoms with Crippen molar-refractivity contribution >= 4 is 0 Å². The second-order valence-electron chi connectivity index (χ2n) is 3.84. The Kier molecular flexibility index (Phi) is 2.67.